The molecule has 0 fully saturated rings. The Kier molecular flexibility index (Phi) is 6.60. The Balaban J connectivity index is 3.46. The van der Waals surface area contributed by atoms with Crippen molar-refractivity contribution >= 4 is 29.2 Å². The molecule has 0 aromatic rings. The van der Waals surface area contributed by atoms with Gasteiger partial charge in [-0.2, -0.15) is 0 Å². The highest BCUT2D eigenvalue weighted by molar-refractivity contribution is 6.46. The molecule has 0 radical (unpaired) electrons. The lowest BCUT2D eigenvalue weighted by Crippen LogP contribution is -2.24. The summed E-state index contributed by atoms with van der Waals surface area (Å²) in [5.74, 6) is -0.829. The highest BCUT2D eigenvalue weighted by Crippen LogP contribution is 2.28. The Morgan fingerprint density at radius 3 is 2.27 bits per heavy atom. The van der Waals surface area contributed by atoms with Crippen LogP contribution in [0.25, 0.3) is 0 Å². The van der Waals surface area contributed by atoms with Gasteiger partial charge in [-0.1, -0.05) is 12.8 Å². The zero-order valence-corrected chi connectivity index (χ0v) is 9.63. The van der Waals surface area contributed by atoms with Crippen LogP contribution in [-0.2, 0) is 4.79 Å². The summed E-state index contributed by atoms with van der Waals surface area (Å²) in [6, 6.07) is 0. The molecule has 0 aliphatic carbocycles. The highest BCUT2D eigenvalue weighted by atomic mass is 35.5. The smallest absolute Gasteiger partial charge is 0.370 e. The summed E-state index contributed by atoms with van der Waals surface area (Å²) in [5, 5.41) is 18.6. The van der Waals surface area contributed by atoms with Crippen LogP contribution in [0.3, 0.4) is 0 Å². The van der Waals surface area contributed by atoms with Gasteiger partial charge < -0.3 is 5.11 Å². The Labute approximate surface area is 97.5 Å². The van der Waals surface area contributed by atoms with E-state index in [0.717, 1.165) is 0 Å². The lowest BCUT2D eigenvalue weighted by molar-refractivity contribution is -0.516. The van der Waals surface area contributed by atoms with Gasteiger partial charge in [0, 0.05) is 12.8 Å². The van der Waals surface area contributed by atoms with Crippen molar-refractivity contribution in [2.45, 2.75) is 43.0 Å². The largest absolute Gasteiger partial charge is 0.481 e. The topological polar surface area (TPSA) is 80.4 Å². The van der Waals surface area contributed by atoms with Gasteiger partial charge in [0.2, 0.25) is 0 Å². The molecular formula is C8H13Cl2NO4. The number of carboxylic acids is 1. The molecule has 0 aliphatic rings. The van der Waals surface area contributed by atoms with Crippen LogP contribution in [0, 0.1) is 10.1 Å². The van der Waals surface area contributed by atoms with Gasteiger partial charge in [0.25, 0.3) is 0 Å². The number of aliphatic carboxylic acids is 1. The number of nitro groups is 1. The molecule has 0 aromatic carbocycles. The number of hydrogen-bond donors (Lipinski definition) is 1. The molecule has 0 aliphatic heterocycles. The van der Waals surface area contributed by atoms with Crippen LogP contribution in [0.5, 0.6) is 0 Å². The summed E-state index contributed by atoms with van der Waals surface area (Å²) < 4.78 is -1.91. The fraction of sp³-hybridized carbons (Fsp3) is 0.875. The van der Waals surface area contributed by atoms with E-state index in [1.807, 2.05) is 0 Å². The molecule has 0 unspecified atom stereocenters. The summed E-state index contributed by atoms with van der Waals surface area (Å²) in [5.41, 5.74) is 0. The maximum Gasteiger partial charge on any atom is 0.370 e. The SMILES string of the molecule is O=C(O)CCCCCCC(Cl)(Cl)[N+](=O)[O-]. The van der Waals surface area contributed by atoms with Crippen molar-refractivity contribution in [2.24, 2.45) is 0 Å². The average Bonchev–Trinajstić information content (AvgIpc) is 2.10. The minimum atomic E-state index is -1.91. The predicted molar refractivity (Wildman–Crippen MR) is 56.8 cm³/mol. The molecule has 0 bridgehead atoms. The molecule has 15 heavy (non-hydrogen) atoms. The van der Waals surface area contributed by atoms with Gasteiger partial charge >= 0.3 is 10.4 Å². The minimum absolute atomic E-state index is 0.0795. The number of carboxylic acid groups (broad SMARTS) is 1. The number of halogens is 2. The van der Waals surface area contributed by atoms with E-state index < -0.39 is 15.3 Å². The Morgan fingerprint density at radius 1 is 1.27 bits per heavy atom. The van der Waals surface area contributed by atoms with Gasteiger partial charge in [-0.3, -0.25) is 14.9 Å². The number of alkyl halides is 2. The van der Waals surface area contributed by atoms with Crippen molar-refractivity contribution in [3.63, 3.8) is 0 Å². The van der Waals surface area contributed by atoms with Crippen molar-refractivity contribution in [3.05, 3.63) is 10.1 Å². The molecule has 0 heterocycles. The van der Waals surface area contributed by atoms with E-state index in [9.17, 15) is 14.9 Å². The average molecular weight is 258 g/mol. The van der Waals surface area contributed by atoms with Crippen molar-refractivity contribution in [1.29, 1.82) is 0 Å². The second kappa shape index (κ2) is 6.85. The summed E-state index contributed by atoms with van der Waals surface area (Å²) >= 11 is 10.8. The van der Waals surface area contributed by atoms with Gasteiger partial charge in [0.1, 0.15) is 0 Å². The van der Waals surface area contributed by atoms with E-state index >= 15 is 0 Å². The molecular weight excluding hydrogens is 245 g/mol. The van der Waals surface area contributed by atoms with Gasteiger partial charge in [0.15, 0.2) is 0 Å². The Bertz CT molecular complexity index is 233. The molecule has 5 nitrogen and oxygen atoms in total. The number of unbranched alkanes of at least 4 members (excludes halogenated alkanes) is 3. The zero-order chi connectivity index (χ0) is 11.9. The van der Waals surface area contributed by atoms with Gasteiger partial charge in [-0.15, -0.1) is 0 Å². The predicted octanol–water partition coefficient (Wildman–Crippen LogP) is 2.82. The molecule has 1 N–H and O–H groups in total. The number of rotatable bonds is 8. The quantitative estimate of drug-likeness (QED) is 0.238. The maximum atomic E-state index is 10.3. The second-order valence-corrected chi connectivity index (χ2v) is 4.67. The van der Waals surface area contributed by atoms with Crippen LogP contribution in [-0.4, -0.2) is 20.5 Å². The second-order valence-electron chi connectivity index (χ2n) is 3.23. The van der Waals surface area contributed by atoms with E-state index in [-0.39, 0.29) is 12.8 Å². The van der Waals surface area contributed by atoms with E-state index in [4.69, 9.17) is 28.3 Å². The monoisotopic (exact) mass is 257 g/mol. The van der Waals surface area contributed by atoms with Crippen LogP contribution in [0.15, 0.2) is 0 Å². The molecule has 0 rings (SSSR count). The van der Waals surface area contributed by atoms with E-state index in [1.54, 1.807) is 0 Å². The lowest BCUT2D eigenvalue weighted by Gasteiger charge is -2.09. The number of carbonyl (C=O) groups is 1. The van der Waals surface area contributed by atoms with Crippen molar-refractivity contribution in [1.82, 2.24) is 0 Å². The third-order valence-corrected chi connectivity index (χ3v) is 2.54. The summed E-state index contributed by atoms with van der Waals surface area (Å²) in [6.45, 7) is 0. The molecule has 0 atom stereocenters. The first-order valence-electron chi connectivity index (χ1n) is 4.60. The standard InChI is InChI=1S/C8H13Cl2NO4/c9-8(10,11(14)15)6-4-2-1-3-5-7(12)13/h1-6H2,(H,12,13). The third-order valence-electron chi connectivity index (χ3n) is 1.89. The van der Waals surface area contributed by atoms with E-state index in [1.165, 1.54) is 0 Å². The lowest BCUT2D eigenvalue weighted by atomic mass is 10.1. The first kappa shape index (κ1) is 14.5. The summed E-state index contributed by atoms with van der Waals surface area (Å²) in [4.78, 5) is 19.7. The van der Waals surface area contributed by atoms with Gasteiger partial charge in [-0.25, -0.2) is 0 Å². The molecule has 0 saturated carbocycles. The first-order valence-corrected chi connectivity index (χ1v) is 5.36. The van der Waals surface area contributed by atoms with Crippen molar-refractivity contribution in [3.8, 4) is 0 Å². The summed E-state index contributed by atoms with van der Waals surface area (Å²) in [7, 11) is 0. The molecule has 0 saturated heterocycles. The van der Waals surface area contributed by atoms with Crippen LogP contribution in [0.4, 0.5) is 0 Å². The summed E-state index contributed by atoms with van der Waals surface area (Å²) in [6.07, 6.45) is 2.72. The van der Waals surface area contributed by atoms with Gasteiger partial charge in [0.05, 0.1) is 4.92 Å². The fourth-order valence-corrected chi connectivity index (χ4v) is 1.33. The fourth-order valence-electron chi connectivity index (χ4n) is 1.06. The van der Waals surface area contributed by atoms with Crippen LogP contribution < -0.4 is 0 Å². The van der Waals surface area contributed by atoms with Gasteiger partial charge in [-0.05, 0) is 36.0 Å². The molecule has 0 aromatic heterocycles. The van der Waals surface area contributed by atoms with E-state index in [0.29, 0.717) is 25.7 Å². The van der Waals surface area contributed by atoms with E-state index in [2.05, 4.69) is 0 Å². The zero-order valence-electron chi connectivity index (χ0n) is 8.12. The third kappa shape index (κ3) is 7.39. The first-order chi connectivity index (χ1) is 6.86. The highest BCUT2D eigenvalue weighted by Gasteiger charge is 2.36. The normalized spacial score (nSPS) is 11.3. The molecule has 0 spiro atoms. The molecule has 7 heteroatoms. The van der Waals surface area contributed by atoms with Crippen molar-refractivity contribution in [2.75, 3.05) is 0 Å². The Hall–Kier alpha value is -0.550. The molecule has 0 amide bonds. The number of nitrogens with zero attached hydrogens (tertiary/aromatic N) is 1. The number of hydrogen-bond acceptors (Lipinski definition) is 3. The Morgan fingerprint density at radius 2 is 1.80 bits per heavy atom. The minimum Gasteiger partial charge on any atom is -0.481 e. The van der Waals surface area contributed by atoms with Crippen LogP contribution in [0.2, 0.25) is 0 Å². The van der Waals surface area contributed by atoms with Crippen molar-refractivity contribution < 1.29 is 14.8 Å². The van der Waals surface area contributed by atoms with Crippen LogP contribution in [0.1, 0.15) is 38.5 Å². The maximum absolute atomic E-state index is 10.3. The van der Waals surface area contributed by atoms with Crippen LogP contribution >= 0.6 is 23.2 Å². The molecule has 88 valence electrons.